The summed E-state index contributed by atoms with van der Waals surface area (Å²) in [5.41, 5.74) is 11.8. The van der Waals surface area contributed by atoms with Gasteiger partial charge in [-0.25, -0.2) is 0 Å². The van der Waals surface area contributed by atoms with Crippen LogP contribution in [0.5, 0.6) is 11.5 Å². The number of benzene rings is 8. The van der Waals surface area contributed by atoms with Crippen molar-refractivity contribution in [1.82, 2.24) is 13.7 Å². The molecule has 0 aromatic heterocycles. The molecule has 0 saturated heterocycles. The minimum Gasteiger partial charge on any atom is -0.457 e. The zero-order chi connectivity index (χ0) is 36.0. The van der Waals surface area contributed by atoms with Crippen molar-refractivity contribution in [3.63, 3.8) is 0 Å². The van der Waals surface area contributed by atoms with Gasteiger partial charge in [-0.2, -0.15) is 0 Å². The molecule has 0 bridgehead atoms. The number of nitrogens with zero attached hydrogens (tertiary/aromatic N) is 4. The average molecular weight is 695 g/mol. The predicted molar refractivity (Wildman–Crippen MR) is 221 cm³/mol. The summed E-state index contributed by atoms with van der Waals surface area (Å²) in [6, 6.07) is 72.8. The van der Waals surface area contributed by atoms with Gasteiger partial charge in [0.1, 0.15) is 11.5 Å². The molecule has 0 amide bonds. The van der Waals surface area contributed by atoms with Gasteiger partial charge < -0.3 is 4.74 Å². The fourth-order valence-corrected chi connectivity index (χ4v) is 7.61. The van der Waals surface area contributed by atoms with Gasteiger partial charge in [0.15, 0.2) is 7.05 Å². The van der Waals surface area contributed by atoms with Crippen LogP contribution < -0.4 is 18.5 Å². The SMILES string of the molecule is C[N+]1=C=[N+](c2cccc(Oc3cccc([N+]4=C=[N+](c5c(-c6ccccc6)cccc5-c5ccccc5)c5c4ccc4ccccc54)c3)c2)c2ccccc21. The van der Waals surface area contributed by atoms with Gasteiger partial charge in [-0.05, 0) is 66.6 Å². The number of hydrogen-bond acceptors (Lipinski definition) is 1. The Balaban J connectivity index is 1.13. The third kappa shape index (κ3) is 5.37. The van der Waals surface area contributed by atoms with E-state index in [-0.39, 0.29) is 0 Å². The van der Waals surface area contributed by atoms with Gasteiger partial charge in [0, 0.05) is 30.3 Å². The Kier molecular flexibility index (Phi) is 7.52. The van der Waals surface area contributed by atoms with Crippen molar-refractivity contribution < 1.29 is 9.31 Å². The van der Waals surface area contributed by atoms with Crippen molar-refractivity contribution in [2.75, 3.05) is 7.05 Å². The lowest BCUT2D eigenvalue weighted by Crippen LogP contribution is -2.05. The monoisotopic (exact) mass is 694 g/mol. The van der Waals surface area contributed by atoms with E-state index in [1.165, 1.54) is 5.39 Å². The summed E-state index contributed by atoms with van der Waals surface area (Å²) in [7, 11) is 2.02. The molecule has 0 unspecified atom stereocenters. The first-order valence-electron chi connectivity index (χ1n) is 18.1. The second-order valence-corrected chi connectivity index (χ2v) is 13.4. The number of para-hydroxylation sites is 3. The molecule has 0 N–H and O–H groups in total. The van der Waals surface area contributed by atoms with E-state index in [9.17, 15) is 0 Å². The highest BCUT2D eigenvalue weighted by atomic mass is 16.5. The maximum absolute atomic E-state index is 6.58. The van der Waals surface area contributed by atoms with Crippen molar-refractivity contribution in [2.24, 2.45) is 0 Å². The molecule has 2 aliphatic heterocycles. The quantitative estimate of drug-likeness (QED) is 0.152. The molecule has 0 fully saturated rings. The minimum absolute atomic E-state index is 0.730. The molecule has 5 heteroatoms. The molecule has 2 heterocycles. The highest BCUT2D eigenvalue weighted by Gasteiger charge is 2.41. The Morgan fingerprint density at radius 2 is 0.963 bits per heavy atom. The number of ether oxygens (including phenoxy) is 1. The third-order valence-corrected chi connectivity index (χ3v) is 10.1. The normalized spacial score (nSPS) is 12.8. The Hall–Kier alpha value is -7.42. The Morgan fingerprint density at radius 3 is 1.63 bits per heavy atom. The van der Waals surface area contributed by atoms with Crippen molar-refractivity contribution in [3.05, 3.63) is 188 Å². The number of fused-ring (bicyclic) bond motifs is 4. The molecule has 10 rings (SSSR count). The van der Waals surface area contributed by atoms with Crippen LogP contribution in [0.25, 0.3) is 33.0 Å². The summed E-state index contributed by atoms with van der Waals surface area (Å²) < 4.78 is 15.1. The van der Waals surface area contributed by atoms with Crippen LogP contribution in [0.15, 0.2) is 188 Å². The summed E-state index contributed by atoms with van der Waals surface area (Å²) in [5.74, 6) is 1.47. The van der Waals surface area contributed by atoms with Crippen LogP contribution in [0.4, 0.5) is 39.8 Å². The Labute approximate surface area is 313 Å². The molecule has 252 valence electrons. The first kappa shape index (κ1) is 31.3. The van der Waals surface area contributed by atoms with Crippen LogP contribution >= 0.6 is 0 Å². The summed E-state index contributed by atoms with van der Waals surface area (Å²) in [4.78, 5) is 0. The molecule has 0 saturated carbocycles. The minimum atomic E-state index is 0.730. The van der Waals surface area contributed by atoms with E-state index in [1.807, 2.05) is 42.0 Å². The van der Waals surface area contributed by atoms with E-state index in [0.29, 0.717) is 0 Å². The lowest BCUT2D eigenvalue weighted by atomic mass is 9.95. The lowest BCUT2D eigenvalue weighted by Gasteiger charge is -2.11. The highest BCUT2D eigenvalue weighted by molar-refractivity contribution is 6.06. The van der Waals surface area contributed by atoms with Gasteiger partial charge in [-0.15, -0.1) is 0 Å². The summed E-state index contributed by atoms with van der Waals surface area (Å²) in [6.07, 6.45) is 0. The fourth-order valence-electron chi connectivity index (χ4n) is 7.61. The molecule has 54 heavy (non-hydrogen) atoms. The maximum Gasteiger partial charge on any atom is 0.503 e. The van der Waals surface area contributed by atoms with Crippen LogP contribution in [0.2, 0.25) is 0 Å². The van der Waals surface area contributed by atoms with Gasteiger partial charge in [0.25, 0.3) is 17.1 Å². The van der Waals surface area contributed by atoms with Gasteiger partial charge in [0.05, 0.1) is 28.6 Å². The van der Waals surface area contributed by atoms with E-state index in [1.54, 1.807) is 0 Å². The van der Waals surface area contributed by atoms with Gasteiger partial charge >= 0.3 is 17.7 Å². The van der Waals surface area contributed by atoms with Crippen molar-refractivity contribution in [2.45, 2.75) is 0 Å². The average Bonchev–Trinajstić information content (AvgIpc) is 3.80. The molecule has 0 aliphatic carbocycles. The molecule has 5 nitrogen and oxygen atoms in total. The lowest BCUT2D eigenvalue weighted by molar-refractivity contribution is -0.394. The largest absolute Gasteiger partial charge is 0.503 e. The standard InChI is InChI=1S/C49H34N4O/c1-50-33-51(46-28-11-10-27-45(46)50)38-20-12-22-40(31-38)54-41-23-13-21-39(32-41)52-34-53(49-44-24-9-8-19-37(44)29-30-47(49)52)48-42(35-15-4-2-5-16-35)25-14-26-43(48)36-17-6-3-7-18-36/h2-32H,1H3/q+4. The van der Waals surface area contributed by atoms with Crippen molar-refractivity contribution in [1.29, 1.82) is 0 Å². The van der Waals surface area contributed by atoms with E-state index in [4.69, 9.17) is 4.74 Å². The van der Waals surface area contributed by atoms with E-state index < -0.39 is 0 Å². The first-order valence-corrected chi connectivity index (χ1v) is 18.1. The van der Waals surface area contributed by atoms with Crippen LogP contribution in [-0.2, 0) is 0 Å². The summed E-state index contributed by atoms with van der Waals surface area (Å²) in [6.45, 7) is 0. The summed E-state index contributed by atoms with van der Waals surface area (Å²) in [5, 5.41) is 2.32. The molecule has 8 aromatic rings. The molecule has 0 spiro atoms. The van der Waals surface area contributed by atoms with Crippen molar-refractivity contribution >= 4 is 62.6 Å². The topological polar surface area (TPSA) is 21.3 Å². The summed E-state index contributed by atoms with van der Waals surface area (Å²) >= 11 is 0. The molecular weight excluding hydrogens is 661 g/mol. The maximum atomic E-state index is 6.58. The van der Waals surface area contributed by atoms with E-state index >= 15 is 0 Å². The first-order chi connectivity index (χ1) is 26.7. The van der Waals surface area contributed by atoms with Crippen LogP contribution in [-0.4, -0.2) is 23.6 Å². The molecule has 0 radical (unpaired) electrons. The zero-order valence-electron chi connectivity index (χ0n) is 29.6. The molecule has 2 aliphatic rings. The smallest absolute Gasteiger partial charge is 0.457 e. The number of hydrogen-bond donors (Lipinski definition) is 0. The predicted octanol–water partition coefficient (Wildman–Crippen LogP) is 12.1. The van der Waals surface area contributed by atoms with E-state index in [0.717, 1.165) is 79.0 Å². The highest BCUT2D eigenvalue weighted by Crippen LogP contribution is 2.47. The van der Waals surface area contributed by atoms with E-state index in [2.05, 4.69) is 183 Å². The molecular formula is C49H34N4O+4. The number of rotatable bonds is 7. The van der Waals surface area contributed by atoms with Crippen LogP contribution in [0, 0.1) is 0 Å². The molecule has 0 atom stereocenters. The third-order valence-electron chi connectivity index (χ3n) is 10.1. The zero-order valence-corrected chi connectivity index (χ0v) is 29.6. The Bertz CT molecular complexity index is 2880. The fraction of sp³-hybridized carbons (Fsp3) is 0.0204. The van der Waals surface area contributed by atoms with Crippen molar-refractivity contribution in [3.8, 4) is 33.8 Å². The van der Waals surface area contributed by atoms with Gasteiger partial charge in [-0.3, -0.25) is 0 Å². The second kappa shape index (κ2) is 13.0. The second-order valence-electron chi connectivity index (χ2n) is 13.4. The van der Waals surface area contributed by atoms with Gasteiger partial charge in [-0.1, -0.05) is 114 Å². The van der Waals surface area contributed by atoms with Gasteiger partial charge in [0.2, 0.25) is 17.1 Å². The van der Waals surface area contributed by atoms with Crippen LogP contribution in [0.1, 0.15) is 0 Å². The Morgan fingerprint density at radius 1 is 0.407 bits per heavy atom. The molecule has 8 aromatic carbocycles. The van der Waals surface area contributed by atoms with Crippen LogP contribution in [0.3, 0.4) is 0 Å².